The van der Waals surface area contributed by atoms with E-state index in [1.807, 2.05) is 0 Å². The highest BCUT2D eigenvalue weighted by Crippen LogP contribution is 2.39. The molecule has 1 heterocycles. The summed E-state index contributed by atoms with van der Waals surface area (Å²) < 4.78 is 11.2. The largest absolute Gasteiger partial charge is 0.493 e. The predicted molar refractivity (Wildman–Crippen MR) is 162 cm³/mol. The summed E-state index contributed by atoms with van der Waals surface area (Å²) in [5, 5.41) is 0. The molecule has 0 spiro atoms. The smallest absolute Gasteiger partial charge is 0.161 e. The van der Waals surface area contributed by atoms with Crippen molar-refractivity contribution in [3.05, 3.63) is 59.2 Å². The Balaban J connectivity index is 1.33. The maximum absolute atomic E-state index is 5.60. The molecule has 0 N–H and O–H groups in total. The third-order valence-electron chi connectivity index (χ3n) is 8.42. The highest BCUT2D eigenvalue weighted by molar-refractivity contribution is 5.49. The summed E-state index contributed by atoms with van der Waals surface area (Å²) in [6, 6.07) is 15.9. The molecule has 0 aliphatic carbocycles. The normalized spacial score (nSPS) is 15.4. The van der Waals surface area contributed by atoms with Gasteiger partial charge in [0.05, 0.1) is 14.2 Å². The van der Waals surface area contributed by atoms with Crippen molar-refractivity contribution >= 4 is 0 Å². The van der Waals surface area contributed by atoms with Crippen LogP contribution >= 0.6 is 0 Å². The van der Waals surface area contributed by atoms with Gasteiger partial charge in [-0.25, -0.2) is 0 Å². The molecular weight excluding hydrogens is 466 g/mol. The summed E-state index contributed by atoms with van der Waals surface area (Å²) in [6.45, 7) is 4.44. The second-order valence-corrected chi connectivity index (χ2v) is 11.4. The average Bonchev–Trinajstić information content (AvgIpc) is 2.96. The monoisotopic (exact) mass is 521 g/mol. The quantitative estimate of drug-likeness (QED) is 0.162. The lowest BCUT2D eigenvalue weighted by atomic mass is 9.89. The minimum atomic E-state index is 0.429. The zero-order valence-electron chi connectivity index (χ0n) is 24.8. The van der Waals surface area contributed by atoms with Gasteiger partial charge in [0.15, 0.2) is 11.5 Å². The van der Waals surface area contributed by atoms with E-state index in [4.69, 9.17) is 9.47 Å². The molecule has 0 radical (unpaired) electrons. The van der Waals surface area contributed by atoms with Crippen LogP contribution in [0.3, 0.4) is 0 Å². The molecule has 1 aliphatic heterocycles. The van der Waals surface area contributed by atoms with Gasteiger partial charge < -0.3 is 9.47 Å². The standard InChI is InChI=1S/C35H55NO2/c1-4-5-6-7-8-9-10-11-12-13-14-15-16-17-18-22-25-36-29-32-28-35(38-3)34(37-2)27-31(32)26-33(36)30-23-20-19-21-24-30/h19-21,23-24,27-28,33H,4-18,22,25-26,29H2,1-3H3. The highest BCUT2D eigenvalue weighted by atomic mass is 16.5. The molecule has 3 nitrogen and oxygen atoms in total. The van der Waals surface area contributed by atoms with Crippen molar-refractivity contribution in [3.63, 3.8) is 0 Å². The van der Waals surface area contributed by atoms with Gasteiger partial charge in [-0.15, -0.1) is 0 Å². The van der Waals surface area contributed by atoms with E-state index in [0.717, 1.165) is 31.0 Å². The number of hydrogen-bond donors (Lipinski definition) is 0. The molecule has 3 rings (SSSR count). The molecule has 212 valence electrons. The van der Waals surface area contributed by atoms with Crippen molar-refractivity contribution < 1.29 is 9.47 Å². The second-order valence-electron chi connectivity index (χ2n) is 11.4. The van der Waals surface area contributed by atoms with Crippen molar-refractivity contribution in [2.24, 2.45) is 0 Å². The lowest BCUT2D eigenvalue weighted by molar-refractivity contribution is 0.167. The van der Waals surface area contributed by atoms with E-state index in [1.54, 1.807) is 14.2 Å². The van der Waals surface area contributed by atoms with E-state index in [2.05, 4.69) is 54.3 Å². The summed E-state index contributed by atoms with van der Waals surface area (Å²) in [6.07, 6.45) is 23.7. The van der Waals surface area contributed by atoms with Crippen LogP contribution in [0, 0.1) is 0 Å². The first-order chi connectivity index (χ1) is 18.8. The van der Waals surface area contributed by atoms with Gasteiger partial charge in [0.1, 0.15) is 0 Å². The summed E-state index contributed by atoms with van der Waals surface area (Å²) in [4.78, 5) is 2.69. The Morgan fingerprint density at radius 2 is 1.11 bits per heavy atom. The van der Waals surface area contributed by atoms with Crippen LogP contribution in [0.2, 0.25) is 0 Å². The fraction of sp³-hybridized carbons (Fsp3) is 0.657. The zero-order valence-corrected chi connectivity index (χ0v) is 24.8. The fourth-order valence-corrected chi connectivity index (χ4v) is 6.07. The second kappa shape index (κ2) is 18.3. The number of unbranched alkanes of at least 4 members (excludes halogenated alkanes) is 15. The summed E-state index contributed by atoms with van der Waals surface area (Å²) >= 11 is 0. The molecule has 1 aliphatic rings. The first-order valence-electron chi connectivity index (χ1n) is 15.8. The van der Waals surface area contributed by atoms with Crippen LogP contribution in [-0.2, 0) is 13.0 Å². The molecule has 1 atom stereocenters. The molecule has 2 aromatic rings. The van der Waals surface area contributed by atoms with Crippen LogP contribution in [0.15, 0.2) is 42.5 Å². The van der Waals surface area contributed by atoms with Crippen molar-refractivity contribution in [2.45, 2.75) is 129 Å². The van der Waals surface area contributed by atoms with Gasteiger partial charge in [-0.2, -0.15) is 0 Å². The topological polar surface area (TPSA) is 21.7 Å². The number of ether oxygens (including phenoxy) is 2. The SMILES string of the molecule is CCCCCCCCCCCCCCCCCCN1Cc2cc(OC)c(OC)cc2CC1c1ccccc1. The Bertz CT molecular complexity index is 881. The van der Waals surface area contributed by atoms with E-state index in [-0.39, 0.29) is 0 Å². The molecule has 1 unspecified atom stereocenters. The number of methoxy groups -OCH3 is 2. The molecule has 0 aromatic heterocycles. The number of fused-ring (bicyclic) bond motifs is 1. The van der Waals surface area contributed by atoms with Gasteiger partial charge in [-0.1, -0.05) is 134 Å². The van der Waals surface area contributed by atoms with Gasteiger partial charge in [0.2, 0.25) is 0 Å². The van der Waals surface area contributed by atoms with E-state index >= 15 is 0 Å². The summed E-state index contributed by atoms with van der Waals surface area (Å²) in [7, 11) is 3.46. The maximum Gasteiger partial charge on any atom is 0.161 e. The minimum Gasteiger partial charge on any atom is -0.493 e. The summed E-state index contributed by atoms with van der Waals surface area (Å²) in [5.41, 5.74) is 4.19. The Morgan fingerprint density at radius 1 is 0.632 bits per heavy atom. The minimum absolute atomic E-state index is 0.429. The third-order valence-corrected chi connectivity index (χ3v) is 8.42. The molecule has 0 saturated carbocycles. The van der Waals surface area contributed by atoms with Gasteiger partial charge in [0.25, 0.3) is 0 Å². The molecule has 2 aromatic carbocycles. The molecule has 0 fully saturated rings. The van der Waals surface area contributed by atoms with Crippen molar-refractivity contribution in [3.8, 4) is 11.5 Å². The molecule has 3 heteroatoms. The van der Waals surface area contributed by atoms with Crippen LogP contribution < -0.4 is 9.47 Å². The number of benzene rings is 2. The first kappa shape index (κ1) is 30.5. The van der Waals surface area contributed by atoms with Gasteiger partial charge in [-0.05, 0) is 48.2 Å². The Morgan fingerprint density at radius 3 is 1.61 bits per heavy atom. The van der Waals surface area contributed by atoms with Crippen LogP contribution in [0.25, 0.3) is 0 Å². The predicted octanol–water partition coefficient (Wildman–Crippen LogP) is 10.1. The van der Waals surface area contributed by atoms with Crippen molar-refractivity contribution in [1.29, 1.82) is 0 Å². The fourth-order valence-electron chi connectivity index (χ4n) is 6.07. The Kier molecular flexibility index (Phi) is 14.7. The van der Waals surface area contributed by atoms with E-state index in [0.29, 0.717) is 6.04 Å². The van der Waals surface area contributed by atoms with Gasteiger partial charge in [0, 0.05) is 12.6 Å². The van der Waals surface area contributed by atoms with E-state index in [1.165, 1.54) is 119 Å². The lowest BCUT2D eigenvalue weighted by Gasteiger charge is -2.37. The lowest BCUT2D eigenvalue weighted by Crippen LogP contribution is -2.35. The number of nitrogens with zero attached hydrogens (tertiary/aromatic N) is 1. The van der Waals surface area contributed by atoms with E-state index < -0.39 is 0 Å². The first-order valence-corrected chi connectivity index (χ1v) is 15.8. The third kappa shape index (κ3) is 10.3. The Labute approximate surface area is 234 Å². The molecule has 0 bridgehead atoms. The Hall–Kier alpha value is -2.00. The van der Waals surface area contributed by atoms with Gasteiger partial charge >= 0.3 is 0 Å². The number of rotatable bonds is 20. The van der Waals surface area contributed by atoms with Crippen LogP contribution in [0.5, 0.6) is 11.5 Å². The van der Waals surface area contributed by atoms with Crippen molar-refractivity contribution in [1.82, 2.24) is 4.90 Å². The maximum atomic E-state index is 5.60. The molecule has 0 amide bonds. The van der Waals surface area contributed by atoms with Gasteiger partial charge in [-0.3, -0.25) is 4.90 Å². The van der Waals surface area contributed by atoms with Crippen LogP contribution in [0.4, 0.5) is 0 Å². The van der Waals surface area contributed by atoms with Crippen LogP contribution in [0.1, 0.15) is 132 Å². The van der Waals surface area contributed by atoms with E-state index in [9.17, 15) is 0 Å². The molecule has 0 saturated heterocycles. The summed E-state index contributed by atoms with van der Waals surface area (Å²) in [5.74, 6) is 1.68. The van der Waals surface area contributed by atoms with Crippen molar-refractivity contribution in [2.75, 3.05) is 20.8 Å². The number of hydrogen-bond acceptors (Lipinski definition) is 3. The van der Waals surface area contributed by atoms with Crippen LogP contribution in [-0.4, -0.2) is 25.7 Å². The zero-order chi connectivity index (χ0) is 26.8. The molecule has 38 heavy (non-hydrogen) atoms. The highest BCUT2D eigenvalue weighted by Gasteiger charge is 2.28. The molecular formula is C35H55NO2. The average molecular weight is 522 g/mol.